The van der Waals surface area contributed by atoms with Gasteiger partial charge in [0.1, 0.15) is 6.07 Å². The molecule has 0 aliphatic carbocycles. The molecule has 0 bridgehead atoms. The maximum Gasteiger partial charge on any atom is 0.416 e. The summed E-state index contributed by atoms with van der Waals surface area (Å²) in [5.74, 6) is 0. The third-order valence-corrected chi connectivity index (χ3v) is 2.49. The first-order valence-electron chi connectivity index (χ1n) is 3.90. The minimum absolute atomic E-state index is 0.0812. The first kappa shape index (κ1) is 12.0. The highest BCUT2D eigenvalue weighted by molar-refractivity contribution is 9.10. The molecule has 0 heterocycles. The number of alkyl halides is 3. The van der Waals surface area contributed by atoms with Crippen molar-refractivity contribution in [1.29, 1.82) is 5.26 Å². The fraction of sp³-hybridized carbons (Fsp3) is 0.222. The number of hydrogen-bond acceptors (Lipinski definition) is 2. The molecule has 0 unspecified atom stereocenters. The van der Waals surface area contributed by atoms with E-state index in [4.69, 9.17) is 11.0 Å². The Hall–Kier alpha value is -1.06. The second-order valence-corrected chi connectivity index (χ2v) is 3.66. The average Bonchev–Trinajstić information content (AvgIpc) is 2.16. The number of nitrogens with two attached hydrogens (primary N) is 1. The number of nitrogens with zero attached hydrogens (tertiary/aromatic N) is 1. The predicted octanol–water partition coefficient (Wildman–Crippen LogP) is 2.80. The summed E-state index contributed by atoms with van der Waals surface area (Å²) in [6.45, 7) is -0.253. The minimum atomic E-state index is -4.45. The number of benzene rings is 1. The Morgan fingerprint density at radius 3 is 2.40 bits per heavy atom. The van der Waals surface area contributed by atoms with Crippen LogP contribution in [0.1, 0.15) is 16.7 Å². The van der Waals surface area contributed by atoms with Gasteiger partial charge in [-0.1, -0.05) is 0 Å². The van der Waals surface area contributed by atoms with Crippen molar-refractivity contribution in [2.24, 2.45) is 5.73 Å². The van der Waals surface area contributed by atoms with Crippen LogP contribution in [0.15, 0.2) is 16.6 Å². The topological polar surface area (TPSA) is 49.8 Å². The van der Waals surface area contributed by atoms with Crippen LogP contribution in [-0.2, 0) is 12.7 Å². The Morgan fingerprint density at radius 2 is 2.00 bits per heavy atom. The fourth-order valence-corrected chi connectivity index (χ4v) is 1.57. The lowest BCUT2D eigenvalue weighted by atomic mass is 10.0. The van der Waals surface area contributed by atoms with Crippen LogP contribution in [0.4, 0.5) is 13.2 Å². The summed E-state index contributed by atoms with van der Waals surface area (Å²) in [7, 11) is 0. The zero-order valence-corrected chi connectivity index (χ0v) is 8.98. The molecule has 0 aliphatic rings. The predicted molar refractivity (Wildman–Crippen MR) is 51.8 cm³/mol. The standard InChI is InChI=1S/C9H6BrF3N2/c10-8-2-7(9(11,12)13)5(3-14)1-6(8)4-15/h1-2H,3,14H2. The number of hydrogen-bond donors (Lipinski definition) is 1. The van der Waals surface area contributed by atoms with Crippen molar-refractivity contribution in [3.8, 4) is 6.07 Å². The Bertz CT molecular complexity index is 421. The summed E-state index contributed by atoms with van der Waals surface area (Å²) < 4.78 is 37.6. The lowest BCUT2D eigenvalue weighted by molar-refractivity contribution is -0.138. The van der Waals surface area contributed by atoms with Crippen LogP contribution in [0.25, 0.3) is 0 Å². The maximum absolute atomic E-state index is 12.5. The van der Waals surface area contributed by atoms with E-state index in [-0.39, 0.29) is 22.1 Å². The smallest absolute Gasteiger partial charge is 0.326 e. The van der Waals surface area contributed by atoms with Crippen molar-refractivity contribution in [2.45, 2.75) is 12.7 Å². The highest BCUT2D eigenvalue weighted by atomic mass is 79.9. The molecule has 15 heavy (non-hydrogen) atoms. The van der Waals surface area contributed by atoms with Gasteiger partial charge in [-0.2, -0.15) is 18.4 Å². The van der Waals surface area contributed by atoms with Crippen LogP contribution in [0.2, 0.25) is 0 Å². The molecule has 1 aromatic carbocycles. The van der Waals surface area contributed by atoms with Gasteiger partial charge in [-0.05, 0) is 33.6 Å². The fourth-order valence-electron chi connectivity index (χ4n) is 1.14. The molecule has 0 fully saturated rings. The Kier molecular flexibility index (Phi) is 3.37. The Morgan fingerprint density at radius 1 is 1.40 bits per heavy atom. The maximum atomic E-state index is 12.5. The van der Waals surface area contributed by atoms with E-state index in [1.807, 2.05) is 0 Å². The van der Waals surface area contributed by atoms with Crippen LogP contribution in [-0.4, -0.2) is 0 Å². The summed E-state index contributed by atoms with van der Waals surface area (Å²) in [5.41, 5.74) is 4.45. The minimum Gasteiger partial charge on any atom is -0.326 e. The van der Waals surface area contributed by atoms with Crippen LogP contribution in [0.5, 0.6) is 0 Å². The summed E-state index contributed by atoms with van der Waals surface area (Å²) in [4.78, 5) is 0. The molecule has 6 heteroatoms. The van der Waals surface area contributed by atoms with Gasteiger partial charge in [-0.3, -0.25) is 0 Å². The molecule has 80 valence electrons. The van der Waals surface area contributed by atoms with Gasteiger partial charge in [0, 0.05) is 11.0 Å². The van der Waals surface area contributed by atoms with E-state index in [0.717, 1.165) is 12.1 Å². The largest absolute Gasteiger partial charge is 0.416 e. The molecule has 0 aliphatic heterocycles. The van der Waals surface area contributed by atoms with Gasteiger partial charge in [-0.15, -0.1) is 0 Å². The van der Waals surface area contributed by atoms with Crippen LogP contribution >= 0.6 is 15.9 Å². The normalized spacial score (nSPS) is 11.2. The molecule has 0 aromatic heterocycles. The van der Waals surface area contributed by atoms with E-state index in [1.54, 1.807) is 6.07 Å². The monoisotopic (exact) mass is 278 g/mol. The van der Waals surface area contributed by atoms with Gasteiger partial charge in [0.15, 0.2) is 0 Å². The lowest BCUT2D eigenvalue weighted by Crippen LogP contribution is -2.12. The second kappa shape index (κ2) is 4.21. The molecule has 0 atom stereocenters. The van der Waals surface area contributed by atoms with Crippen molar-refractivity contribution < 1.29 is 13.2 Å². The molecule has 2 N–H and O–H groups in total. The van der Waals surface area contributed by atoms with E-state index in [9.17, 15) is 13.2 Å². The molecule has 1 rings (SSSR count). The summed E-state index contributed by atoms with van der Waals surface area (Å²) in [5, 5.41) is 8.63. The SMILES string of the molecule is N#Cc1cc(CN)c(C(F)(F)F)cc1Br. The van der Waals surface area contributed by atoms with Crippen molar-refractivity contribution in [3.05, 3.63) is 33.3 Å². The molecule has 0 saturated heterocycles. The van der Waals surface area contributed by atoms with Gasteiger partial charge in [0.05, 0.1) is 11.1 Å². The molecule has 0 amide bonds. The van der Waals surface area contributed by atoms with Crippen LogP contribution < -0.4 is 5.73 Å². The summed E-state index contributed by atoms with van der Waals surface area (Å²) in [6, 6.07) is 3.80. The first-order valence-corrected chi connectivity index (χ1v) is 4.69. The van der Waals surface area contributed by atoms with E-state index in [0.29, 0.717) is 0 Å². The van der Waals surface area contributed by atoms with Gasteiger partial charge in [0.25, 0.3) is 0 Å². The van der Waals surface area contributed by atoms with E-state index < -0.39 is 11.7 Å². The number of rotatable bonds is 1. The number of halogens is 4. The molecule has 0 spiro atoms. The second-order valence-electron chi connectivity index (χ2n) is 2.80. The highest BCUT2D eigenvalue weighted by Crippen LogP contribution is 2.35. The Balaban J connectivity index is 3.42. The molecular formula is C9H6BrF3N2. The van der Waals surface area contributed by atoms with E-state index in [1.165, 1.54) is 0 Å². The van der Waals surface area contributed by atoms with Crippen LogP contribution in [0, 0.1) is 11.3 Å². The molecule has 0 radical (unpaired) electrons. The van der Waals surface area contributed by atoms with Crippen molar-refractivity contribution in [1.82, 2.24) is 0 Å². The van der Waals surface area contributed by atoms with Gasteiger partial charge in [0.2, 0.25) is 0 Å². The van der Waals surface area contributed by atoms with Crippen molar-refractivity contribution in [3.63, 3.8) is 0 Å². The molecule has 0 saturated carbocycles. The zero-order chi connectivity index (χ0) is 11.6. The molecule has 2 nitrogen and oxygen atoms in total. The zero-order valence-electron chi connectivity index (χ0n) is 7.40. The lowest BCUT2D eigenvalue weighted by Gasteiger charge is -2.12. The third-order valence-electron chi connectivity index (χ3n) is 1.84. The summed E-state index contributed by atoms with van der Waals surface area (Å²) >= 11 is 2.90. The third kappa shape index (κ3) is 2.49. The Labute approximate surface area is 92.6 Å². The van der Waals surface area contributed by atoms with Gasteiger partial charge >= 0.3 is 6.18 Å². The first-order chi connectivity index (χ1) is 6.90. The van der Waals surface area contributed by atoms with Crippen LogP contribution in [0.3, 0.4) is 0 Å². The van der Waals surface area contributed by atoms with E-state index >= 15 is 0 Å². The molecule has 1 aromatic rings. The highest BCUT2D eigenvalue weighted by Gasteiger charge is 2.33. The van der Waals surface area contributed by atoms with Crippen molar-refractivity contribution in [2.75, 3.05) is 0 Å². The van der Waals surface area contributed by atoms with Crippen molar-refractivity contribution >= 4 is 15.9 Å². The molecular weight excluding hydrogens is 273 g/mol. The van der Waals surface area contributed by atoms with E-state index in [2.05, 4.69) is 15.9 Å². The average molecular weight is 279 g/mol. The van der Waals surface area contributed by atoms with Gasteiger partial charge < -0.3 is 5.73 Å². The quantitative estimate of drug-likeness (QED) is 0.859. The van der Waals surface area contributed by atoms with Gasteiger partial charge in [-0.25, -0.2) is 0 Å². The summed E-state index contributed by atoms with van der Waals surface area (Å²) in [6.07, 6.45) is -4.45. The number of nitriles is 1.